The van der Waals surface area contributed by atoms with Crippen molar-refractivity contribution in [1.29, 1.82) is 0 Å². The van der Waals surface area contributed by atoms with E-state index in [0.717, 1.165) is 16.3 Å². The summed E-state index contributed by atoms with van der Waals surface area (Å²) in [7, 11) is 3.21. The van der Waals surface area contributed by atoms with Gasteiger partial charge in [0.25, 0.3) is 0 Å². The highest BCUT2D eigenvalue weighted by Gasteiger charge is 2.15. The van der Waals surface area contributed by atoms with Crippen LogP contribution in [0.15, 0.2) is 54.2 Å². The van der Waals surface area contributed by atoms with Crippen LogP contribution in [0.3, 0.4) is 0 Å². The zero-order valence-electron chi connectivity index (χ0n) is 14.5. The van der Waals surface area contributed by atoms with Gasteiger partial charge in [0, 0.05) is 34.1 Å². The molecule has 0 bridgehead atoms. The first-order chi connectivity index (χ1) is 12.6. The molecular formula is C19H20N2O4S. The van der Waals surface area contributed by atoms with Gasteiger partial charge in [-0.25, -0.2) is 0 Å². The first-order valence-corrected chi connectivity index (χ1v) is 8.83. The number of anilines is 2. The lowest BCUT2D eigenvalue weighted by Crippen LogP contribution is -2.16. The fraction of sp³-hybridized carbons (Fsp3) is 0.211. The number of thiazole rings is 1. The summed E-state index contributed by atoms with van der Waals surface area (Å²) < 4.78 is 10.7. The molecule has 0 fully saturated rings. The van der Waals surface area contributed by atoms with Crippen LogP contribution in [-0.2, 0) is 6.54 Å². The summed E-state index contributed by atoms with van der Waals surface area (Å²) >= 11 is 1.58. The standard InChI is InChI=1S/C19H20N2O4S/c1-24-17-8-7-15(9-18(17)25-2)21(11-16-10-20-12-26-16)14-5-3-13(4-6-14)19(22)23/h3-10,12,19,22-23H,11H2,1-2H3. The first kappa shape index (κ1) is 18.2. The number of benzene rings is 2. The molecule has 0 saturated carbocycles. The number of hydrogen-bond acceptors (Lipinski definition) is 7. The number of ether oxygens (including phenoxy) is 2. The Bertz CT molecular complexity index is 835. The van der Waals surface area contributed by atoms with E-state index >= 15 is 0 Å². The lowest BCUT2D eigenvalue weighted by atomic mass is 10.1. The van der Waals surface area contributed by atoms with E-state index in [-0.39, 0.29) is 0 Å². The van der Waals surface area contributed by atoms with Crippen molar-refractivity contribution >= 4 is 22.7 Å². The summed E-state index contributed by atoms with van der Waals surface area (Å²) in [6.45, 7) is 0.626. The van der Waals surface area contributed by atoms with Crippen molar-refractivity contribution in [1.82, 2.24) is 4.98 Å². The topological polar surface area (TPSA) is 75.1 Å². The van der Waals surface area contributed by atoms with Gasteiger partial charge in [-0.2, -0.15) is 0 Å². The van der Waals surface area contributed by atoms with Gasteiger partial charge in [-0.3, -0.25) is 4.98 Å². The molecule has 2 N–H and O–H groups in total. The molecule has 3 aromatic rings. The molecule has 0 amide bonds. The van der Waals surface area contributed by atoms with Gasteiger partial charge in [0.15, 0.2) is 17.8 Å². The summed E-state index contributed by atoms with van der Waals surface area (Å²) in [5, 5.41) is 18.6. The molecule has 1 heterocycles. The second-order valence-corrected chi connectivity index (χ2v) is 6.53. The highest BCUT2D eigenvalue weighted by molar-refractivity contribution is 7.09. The van der Waals surface area contributed by atoms with E-state index in [4.69, 9.17) is 9.47 Å². The van der Waals surface area contributed by atoms with E-state index < -0.39 is 6.29 Å². The number of rotatable bonds is 7. The summed E-state index contributed by atoms with van der Waals surface area (Å²) in [5.41, 5.74) is 4.08. The molecule has 7 heteroatoms. The predicted octanol–water partition coefficient (Wildman–Crippen LogP) is 3.48. The number of aromatic nitrogens is 1. The Morgan fingerprint density at radius 3 is 2.27 bits per heavy atom. The smallest absolute Gasteiger partial charge is 0.178 e. The van der Waals surface area contributed by atoms with Crippen LogP contribution < -0.4 is 14.4 Å². The van der Waals surface area contributed by atoms with Crippen LogP contribution in [0.2, 0.25) is 0 Å². The molecule has 0 unspecified atom stereocenters. The molecule has 2 aromatic carbocycles. The Morgan fingerprint density at radius 2 is 1.69 bits per heavy atom. The highest BCUT2D eigenvalue weighted by atomic mass is 32.1. The van der Waals surface area contributed by atoms with Gasteiger partial charge < -0.3 is 24.6 Å². The van der Waals surface area contributed by atoms with Crippen LogP contribution in [0.25, 0.3) is 0 Å². The van der Waals surface area contributed by atoms with Crippen LogP contribution >= 0.6 is 11.3 Å². The summed E-state index contributed by atoms with van der Waals surface area (Å²) in [4.78, 5) is 7.35. The quantitative estimate of drug-likeness (QED) is 0.619. The van der Waals surface area contributed by atoms with Crippen LogP contribution in [0, 0.1) is 0 Å². The predicted molar refractivity (Wildman–Crippen MR) is 101 cm³/mol. The third kappa shape index (κ3) is 3.96. The molecular weight excluding hydrogens is 352 g/mol. The SMILES string of the molecule is COc1ccc(N(Cc2cncs2)c2ccc(C(O)O)cc2)cc1OC. The minimum Gasteiger partial charge on any atom is -0.493 e. The fourth-order valence-electron chi connectivity index (χ4n) is 2.63. The molecule has 0 aliphatic heterocycles. The third-order valence-corrected chi connectivity index (χ3v) is 4.74. The first-order valence-electron chi connectivity index (χ1n) is 7.95. The maximum absolute atomic E-state index is 9.31. The molecule has 136 valence electrons. The molecule has 0 saturated heterocycles. The Kier molecular flexibility index (Phi) is 5.72. The zero-order chi connectivity index (χ0) is 18.5. The normalized spacial score (nSPS) is 10.8. The maximum atomic E-state index is 9.31. The van der Waals surface area contributed by atoms with Gasteiger partial charge in [-0.05, 0) is 24.3 Å². The summed E-state index contributed by atoms with van der Waals surface area (Å²) in [6.07, 6.45) is 0.352. The van der Waals surface area contributed by atoms with Gasteiger partial charge in [0.05, 0.1) is 26.3 Å². The molecule has 0 aliphatic rings. The van der Waals surface area contributed by atoms with Gasteiger partial charge in [0.1, 0.15) is 0 Å². The Hall–Kier alpha value is -2.61. The van der Waals surface area contributed by atoms with Gasteiger partial charge in [-0.1, -0.05) is 12.1 Å². The molecule has 0 spiro atoms. The van der Waals surface area contributed by atoms with E-state index in [2.05, 4.69) is 9.88 Å². The summed E-state index contributed by atoms with van der Waals surface area (Å²) in [6, 6.07) is 12.8. The summed E-state index contributed by atoms with van der Waals surface area (Å²) in [5.74, 6) is 1.30. The van der Waals surface area contributed by atoms with Crippen molar-refractivity contribution in [2.24, 2.45) is 0 Å². The van der Waals surface area contributed by atoms with Gasteiger partial charge >= 0.3 is 0 Å². The Morgan fingerprint density at radius 1 is 1.00 bits per heavy atom. The number of aliphatic hydroxyl groups is 2. The van der Waals surface area contributed by atoms with E-state index in [1.54, 1.807) is 43.2 Å². The van der Waals surface area contributed by atoms with Crippen molar-refractivity contribution in [2.45, 2.75) is 12.8 Å². The van der Waals surface area contributed by atoms with E-state index in [9.17, 15) is 10.2 Å². The van der Waals surface area contributed by atoms with E-state index in [1.165, 1.54) is 0 Å². The number of aliphatic hydroxyl groups excluding tert-OH is 1. The average Bonchev–Trinajstić information content (AvgIpc) is 3.19. The second-order valence-electron chi connectivity index (χ2n) is 5.56. The number of methoxy groups -OCH3 is 2. The second kappa shape index (κ2) is 8.18. The van der Waals surface area contributed by atoms with Gasteiger partial charge in [0.2, 0.25) is 0 Å². The average molecular weight is 372 g/mol. The number of nitrogens with zero attached hydrogens (tertiary/aromatic N) is 2. The van der Waals surface area contributed by atoms with Crippen LogP contribution in [0.4, 0.5) is 11.4 Å². The lowest BCUT2D eigenvalue weighted by molar-refractivity contribution is -0.0424. The molecule has 0 atom stereocenters. The largest absolute Gasteiger partial charge is 0.493 e. The molecule has 1 aromatic heterocycles. The Labute approximate surface area is 155 Å². The zero-order valence-corrected chi connectivity index (χ0v) is 15.3. The third-order valence-electron chi connectivity index (χ3n) is 3.98. The molecule has 3 rings (SSSR count). The minimum atomic E-state index is -1.49. The maximum Gasteiger partial charge on any atom is 0.178 e. The lowest BCUT2D eigenvalue weighted by Gasteiger charge is -2.25. The van der Waals surface area contributed by atoms with E-state index in [1.807, 2.05) is 36.5 Å². The van der Waals surface area contributed by atoms with Crippen molar-refractivity contribution in [3.63, 3.8) is 0 Å². The minimum absolute atomic E-state index is 0.443. The Balaban J connectivity index is 2.00. The monoisotopic (exact) mass is 372 g/mol. The van der Waals surface area contributed by atoms with Crippen LogP contribution in [0.1, 0.15) is 16.7 Å². The number of hydrogen-bond donors (Lipinski definition) is 2. The molecule has 6 nitrogen and oxygen atoms in total. The molecule has 26 heavy (non-hydrogen) atoms. The van der Waals surface area contributed by atoms with Crippen molar-refractivity contribution in [3.8, 4) is 11.5 Å². The fourth-order valence-corrected chi connectivity index (χ4v) is 3.21. The van der Waals surface area contributed by atoms with Crippen LogP contribution in [0.5, 0.6) is 11.5 Å². The molecule has 0 radical (unpaired) electrons. The van der Waals surface area contributed by atoms with Crippen LogP contribution in [-0.4, -0.2) is 29.4 Å². The van der Waals surface area contributed by atoms with Crippen molar-refractivity contribution in [2.75, 3.05) is 19.1 Å². The highest BCUT2D eigenvalue weighted by Crippen LogP contribution is 2.36. The van der Waals surface area contributed by atoms with Crippen molar-refractivity contribution < 1.29 is 19.7 Å². The van der Waals surface area contributed by atoms with Crippen molar-refractivity contribution in [3.05, 3.63) is 64.6 Å². The molecule has 0 aliphatic carbocycles. The van der Waals surface area contributed by atoms with E-state index in [0.29, 0.717) is 23.6 Å². The van der Waals surface area contributed by atoms with Gasteiger partial charge in [-0.15, -0.1) is 11.3 Å².